The molecular formula is C18H31N5O3. The van der Waals surface area contributed by atoms with Crippen LogP contribution in [0.25, 0.3) is 0 Å². The van der Waals surface area contributed by atoms with Crippen molar-refractivity contribution in [2.45, 2.75) is 59.3 Å². The predicted octanol–water partition coefficient (Wildman–Crippen LogP) is 1.22. The average Bonchev–Trinajstić information content (AvgIpc) is 3.03. The van der Waals surface area contributed by atoms with Crippen LogP contribution in [0.2, 0.25) is 0 Å². The van der Waals surface area contributed by atoms with Crippen molar-refractivity contribution in [3.05, 3.63) is 12.4 Å². The number of anilines is 1. The molecule has 0 saturated carbocycles. The first-order valence-corrected chi connectivity index (χ1v) is 9.30. The molecule has 1 fully saturated rings. The van der Waals surface area contributed by atoms with Gasteiger partial charge in [0.15, 0.2) is 0 Å². The molecule has 1 aromatic rings. The van der Waals surface area contributed by atoms with Crippen molar-refractivity contribution in [2.24, 2.45) is 11.1 Å². The third-order valence-corrected chi connectivity index (χ3v) is 5.19. The van der Waals surface area contributed by atoms with Crippen molar-refractivity contribution >= 4 is 17.5 Å². The highest BCUT2D eigenvalue weighted by molar-refractivity contribution is 5.95. The molecule has 146 valence electrons. The van der Waals surface area contributed by atoms with Gasteiger partial charge in [0.2, 0.25) is 11.8 Å². The number of nitrogens with one attached hydrogen (secondary N) is 1. The zero-order valence-corrected chi connectivity index (χ0v) is 16.2. The number of nitrogens with two attached hydrogens (primary N) is 1. The van der Waals surface area contributed by atoms with Crippen LogP contribution < -0.4 is 11.1 Å². The van der Waals surface area contributed by atoms with Crippen molar-refractivity contribution in [1.29, 1.82) is 0 Å². The molecule has 3 N–H and O–H groups in total. The van der Waals surface area contributed by atoms with Crippen LogP contribution in [-0.2, 0) is 20.9 Å². The molecule has 0 aromatic carbocycles. The van der Waals surface area contributed by atoms with Crippen molar-refractivity contribution in [3.8, 4) is 0 Å². The Balaban J connectivity index is 1.97. The first-order chi connectivity index (χ1) is 12.3. The number of rotatable bonds is 7. The summed E-state index contributed by atoms with van der Waals surface area (Å²) in [4.78, 5) is 26.9. The molecule has 0 bridgehead atoms. The van der Waals surface area contributed by atoms with Gasteiger partial charge >= 0.3 is 0 Å². The molecule has 0 aliphatic carbocycles. The fourth-order valence-corrected chi connectivity index (χ4v) is 3.35. The van der Waals surface area contributed by atoms with Crippen molar-refractivity contribution in [3.63, 3.8) is 0 Å². The molecule has 2 amide bonds. The highest BCUT2D eigenvalue weighted by atomic mass is 16.5. The highest BCUT2D eigenvalue weighted by Gasteiger charge is 2.33. The van der Waals surface area contributed by atoms with Gasteiger partial charge in [-0.05, 0) is 26.7 Å². The molecule has 0 spiro atoms. The van der Waals surface area contributed by atoms with Gasteiger partial charge < -0.3 is 20.7 Å². The lowest BCUT2D eigenvalue weighted by molar-refractivity contribution is -0.144. The van der Waals surface area contributed by atoms with Crippen LogP contribution in [0.1, 0.15) is 40.5 Å². The third-order valence-electron chi connectivity index (χ3n) is 5.19. The van der Waals surface area contributed by atoms with Crippen LogP contribution in [0.5, 0.6) is 0 Å². The zero-order chi connectivity index (χ0) is 19.3. The van der Waals surface area contributed by atoms with E-state index >= 15 is 0 Å². The van der Waals surface area contributed by atoms with Gasteiger partial charge in [-0.2, -0.15) is 5.10 Å². The summed E-state index contributed by atoms with van der Waals surface area (Å²) < 4.78 is 7.20. The summed E-state index contributed by atoms with van der Waals surface area (Å²) in [7, 11) is 0. The highest BCUT2D eigenvalue weighted by Crippen LogP contribution is 2.26. The van der Waals surface area contributed by atoms with Crippen LogP contribution in [-0.4, -0.2) is 58.3 Å². The summed E-state index contributed by atoms with van der Waals surface area (Å²) in [5, 5.41) is 7.07. The van der Waals surface area contributed by atoms with Gasteiger partial charge in [0.1, 0.15) is 6.54 Å². The van der Waals surface area contributed by atoms with E-state index in [0.29, 0.717) is 38.2 Å². The van der Waals surface area contributed by atoms with Crippen LogP contribution in [0.15, 0.2) is 12.4 Å². The number of hydrogen-bond acceptors (Lipinski definition) is 5. The summed E-state index contributed by atoms with van der Waals surface area (Å²) in [6, 6.07) is 0. The molecule has 2 rings (SSSR count). The normalized spacial score (nSPS) is 20.9. The monoisotopic (exact) mass is 365 g/mol. The number of amides is 2. The van der Waals surface area contributed by atoms with Crippen LogP contribution in [0.3, 0.4) is 0 Å². The quantitative estimate of drug-likeness (QED) is 0.756. The van der Waals surface area contributed by atoms with Gasteiger partial charge in [-0.25, -0.2) is 0 Å². The van der Waals surface area contributed by atoms with E-state index in [4.69, 9.17) is 10.5 Å². The molecule has 8 nitrogen and oxygen atoms in total. The lowest BCUT2D eigenvalue weighted by atomic mass is 9.81. The fourth-order valence-electron chi connectivity index (χ4n) is 3.35. The largest absolute Gasteiger partial charge is 0.372 e. The van der Waals surface area contributed by atoms with Gasteiger partial charge in [0.25, 0.3) is 0 Å². The Morgan fingerprint density at radius 3 is 2.46 bits per heavy atom. The second kappa shape index (κ2) is 8.64. The zero-order valence-electron chi connectivity index (χ0n) is 16.2. The van der Waals surface area contributed by atoms with E-state index in [1.807, 2.05) is 27.7 Å². The van der Waals surface area contributed by atoms with E-state index in [1.54, 1.807) is 22.0 Å². The van der Waals surface area contributed by atoms with Crippen molar-refractivity contribution < 1.29 is 14.3 Å². The van der Waals surface area contributed by atoms with E-state index in [9.17, 15) is 9.59 Å². The Labute approximate surface area is 155 Å². The van der Waals surface area contributed by atoms with Gasteiger partial charge in [0.05, 0.1) is 29.5 Å². The molecule has 26 heavy (non-hydrogen) atoms. The summed E-state index contributed by atoms with van der Waals surface area (Å²) in [5.74, 6) is -0.113. The SMILES string of the molecule is CCC(CC)(CN)C(=O)Nc1cnn(CC(=O)N2CC(C)OC(C)C2)c1. The number of hydrogen-bond donors (Lipinski definition) is 2. The molecule has 1 aliphatic heterocycles. The summed E-state index contributed by atoms with van der Waals surface area (Å²) in [6.45, 7) is 9.45. The number of aromatic nitrogens is 2. The minimum Gasteiger partial charge on any atom is -0.372 e. The third kappa shape index (κ3) is 4.62. The Morgan fingerprint density at radius 2 is 1.92 bits per heavy atom. The molecule has 2 heterocycles. The minimum atomic E-state index is -0.571. The van der Waals surface area contributed by atoms with Gasteiger partial charge in [-0.3, -0.25) is 14.3 Å². The van der Waals surface area contributed by atoms with E-state index in [2.05, 4.69) is 10.4 Å². The van der Waals surface area contributed by atoms with E-state index in [1.165, 1.54) is 0 Å². The van der Waals surface area contributed by atoms with Gasteiger partial charge in [-0.15, -0.1) is 0 Å². The topological polar surface area (TPSA) is 102 Å². The van der Waals surface area contributed by atoms with Crippen LogP contribution in [0.4, 0.5) is 5.69 Å². The Bertz CT molecular complexity index is 608. The molecular weight excluding hydrogens is 334 g/mol. The molecule has 1 aromatic heterocycles. The average molecular weight is 365 g/mol. The van der Waals surface area contributed by atoms with Crippen molar-refractivity contribution in [2.75, 3.05) is 25.0 Å². The molecule has 2 unspecified atom stereocenters. The van der Waals surface area contributed by atoms with Gasteiger partial charge in [0, 0.05) is 25.8 Å². The smallest absolute Gasteiger partial charge is 0.244 e. The number of ether oxygens (including phenoxy) is 1. The molecule has 2 atom stereocenters. The molecule has 1 aliphatic rings. The Kier molecular flexibility index (Phi) is 6.77. The Morgan fingerprint density at radius 1 is 1.31 bits per heavy atom. The van der Waals surface area contributed by atoms with E-state index < -0.39 is 5.41 Å². The first-order valence-electron chi connectivity index (χ1n) is 9.30. The maximum Gasteiger partial charge on any atom is 0.244 e. The fraction of sp³-hybridized carbons (Fsp3) is 0.722. The van der Waals surface area contributed by atoms with Gasteiger partial charge in [-0.1, -0.05) is 13.8 Å². The predicted molar refractivity (Wildman–Crippen MR) is 99.5 cm³/mol. The minimum absolute atomic E-state index is 0.00796. The maximum atomic E-state index is 12.6. The molecule has 8 heteroatoms. The number of carbonyl (C=O) groups excluding carboxylic acids is 2. The second-order valence-electron chi connectivity index (χ2n) is 7.13. The molecule has 1 saturated heterocycles. The maximum absolute atomic E-state index is 12.6. The summed E-state index contributed by atoms with van der Waals surface area (Å²) >= 11 is 0. The number of carbonyl (C=O) groups is 2. The standard InChI is InChI=1S/C18H31N5O3/c1-5-18(6-2,12-19)17(25)21-15-7-20-23(10-15)11-16(24)22-8-13(3)26-14(4)9-22/h7,10,13-14H,5-6,8-9,11-12,19H2,1-4H3,(H,21,25). The van der Waals surface area contributed by atoms with Crippen molar-refractivity contribution in [1.82, 2.24) is 14.7 Å². The Hall–Kier alpha value is -1.93. The summed E-state index contributed by atoms with van der Waals surface area (Å²) in [6.07, 6.45) is 4.64. The second-order valence-corrected chi connectivity index (χ2v) is 7.13. The molecule has 0 radical (unpaired) electrons. The number of morpholine rings is 1. The number of nitrogens with zero attached hydrogens (tertiary/aromatic N) is 3. The van der Waals surface area contributed by atoms with E-state index in [0.717, 1.165) is 0 Å². The van der Waals surface area contributed by atoms with Crippen LogP contribution in [0, 0.1) is 5.41 Å². The first kappa shape index (κ1) is 20.4. The van der Waals surface area contributed by atoms with Crippen LogP contribution >= 0.6 is 0 Å². The lowest BCUT2D eigenvalue weighted by Gasteiger charge is -2.35. The van der Waals surface area contributed by atoms with E-state index in [-0.39, 0.29) is 30.6 Å². The summed E-state index contributed by atoms with van der Waals surface area (Å²) in [5.41, 5.74) is 5.82. The lowest BCUT2D eigenvalue weighted by Crippen LogP contribution is -2.49.